The van der Waals surface area contributed by atoms with Crippen molar-refractivity contribution in [3.63, 3.8) is 0 Å². The molecule has 31 heavy (non-hydrogen) atoms. The molecular weight excluding hydrogens is 395 g/mol. The Morgan fingerprint density at radius 3 is 2.48 bits per heavy atom. The van der Waals surface area contributed by atoms with E-state index in [-0.39, 0.29) is 30.1 Å². The predicted molar refractivity (Wildman–Crippen MR) is 116 cm³/mol. The highest BCUT2D eigenvalue weighted by Gasteiger charge is 2.43. The zero-order valence-corrected chi connectivity index (χ0v) is 18.1. The summed E-state index contributed by atoms with van der Waals surface area (Å²) >= 11 is 0. The number of nitrogens with zero attached hydrogens (tertiary/aromatic N) is 2. The van der Waals surface area contributed by atoms with Crippen molar-refractivity contribution in [3.05, 3.63) is 65.5 Å². The van der Waals surface area contributed by atoms with E-state index in [2.05, 4.69) is 0 Å². The van der Waals surface area contributed by atoms with Gasteiger partial charge in [0.2, 0.25) is 11.8 Å². The van der Waals surface area contributed by atoms with Crippen molar-refractivity contribution in [2.75, 3.05) is 13.6 Å². The lowest BCUT2D eigenvalue weighted by molar-refractivity contribution is -0.135. The third-order valence-corrected chi connectivity index (χ3v) is 6.67. The fourth-order valence-electron chi connectivity index (χ4n) is 4.71. The molecule has 1 aliphatic heterocycles. The van der Waals surface area contributed by atoms with Gasteiger partial charge in [0.05, 0.1) is 13.0 Å². The highest BCUT2D eigenvalue weighted by atomic mass is 19.1. The fourth-order valence-corrected chi connectivity index (χ4v) is 4.71. The summed E-state index contributed by atoms with van der Waals surface area (Å²) in [5.74, 6) is 0.607. The normalized spacial score (nSPS) is 22.9. The van der Waals surface area contributed by atoms with Gasteiger partial charge in [-0.05, 0) is 49.4 Å². The zero-order chi connectivity index (χ0) is 22.0. The molecule has 1 saturated carbocycles. The zero-order valence-electron chi connectivity index (χ0n) is 18.1. The minimum atomic E-state index is -0.459. The van der Waals surface area contributed by atoms with Crippen LogP contribution in [0.25, 0.3) is 0 Å². The van der Waals surface area contributed by atoms with E-state index in [9.17, 15) is 14.0 Å². The Kier molecular flexibility index (Phi) is 5.99. The van der Waals surface area contributed by atoms with Crippen LogP contribution in [0, 0.1) is 5.82 Å². The SMILES string of the molecule is CC(=O)N(C)C1CCC2(CC1)CN(C(=O)Cc1ccc(F)cc1)Cc1ccccc1O2. The van der Waals surface area contributed by atoms with Crippen LogP contribution in [-0.2, 0) is 22.6 Å². The smallest absolute Gasteiger partial charge is 0.227 e. The van der Waals surface area contributed by atoms with Crippen molar-refractivity contribution in [2.45, 2.75) is 57.2 Å². The number of hydrogen-bond acceptors (Lipinski definition) is 3. The first-order valence-electron chi connectivity index (χ1n) is 10.9. The topological polar surface area (TPSA) is 49.9 Å². The second kappa shape index (κ2) is 8.69. The first-order chi connectivity index (χ1) is 14.8. The molecule has 2 amide bonds. The second-order valence-corrected chi connectivity index (χ2v) is 8.81. The van der Waals surface area contributed by atoms with Crippen LogP contribution < -0.4 is 4.74 Å². The molecule has 1 heterocycles. The van der Waals surface area contributed by atoms with Crippen LogP contribution in [0.5, 0.6) is 5.75 Å². The number of fused-ring (bicyclic) bond motifs is 1. The maximum Gasteiger partial charge on any atom is 0.227 e. The summed E-state index contributed by atoms with van der Waals surface area (Å²) in [7, 11) is 1.85. The van der Waals surface area contributed by atoms with E-state index in [4.69, 9.17) is 4.74 Å². The summed E-state index contributed by atoms with van der Waals surface area (Å²) in [5, 5.41) is 0. The van der Waals surface area contributed by atoms with Crippen LogP contribution in [0.2, 0.25) is 0 Å². The molecule has 5 nitrogen and oxygen atoms in total. The fraction of sp³-hybridized carbons (Fsp3) is 0.440. The van der Waals surface area contributed by atoms with E-state index in [1.54, 1.807) is 19.1 Å². The number of para-hydroxylation sites is 1. The van der Waals surface area contributed by atoms with Gasteiger partial charge in [-0.15, -0.1) is 0 Å². The van der Waals surface area contributed by atoms with Gasteiger partial charge < -0.3 is 14.5 Å². The molecule has 0 bridgehead atoms. The van der Waals surface area contributed by atoms with Gasteiger partial charge in [0.1, 0.15) is 17.2 Å². The molecule has 0 N–H and O–H groups in total. The van der Waals surface area contributed by atoms with Gasteiger partial charge in [0.25, 0.3) is 0 Å². The molecule has 1 aliphatic carbocycles. The molecule has 6 heteroatoms. The van der Waals surface area contributed by atoms with E-state index in [0.29, 0.717) is 13.1 Å². The minimum absolute atomic E-state index is 0.00858. The minimum Gasteiger partial charge on any atom is -0.485 e. The Hall–Kier alpha value is -2.89. The van der Waals surface area contributed by atoms with Crippen molar-refractivity contribution >= 4 is 11.8 Å². The molecule has 1 spiro atoms. The number of carbonyl (C=O) groups excluding carboxylic acids is 2. The van der Waals surface area contributed by atoms with Crippen LogP contribution in [0.3, 0.4) is 0 Å². The standard InChI is InChI=1S/C25H29FN2O3/c1-18(29)27(2)22-11-13-25(14-12-22)17-28(16-20-5-3-4-6-23(20)31-25)24(30)15-19-7-9-21(26)10-8-19/h3-10,22H,11-17H2,1-2H3. The van der Waals surface area contributed by atoms with Gasteiger partial charge in [0, 0.05) is 32.1 Å². The molecule has 4 rings (SSSR count). The van der Waals surface area contributed by atoms with Gasteiger partial charge in [-0.25, -0.2) is 4.39 Å². The third-order valence-electron chi connectivity index (χ3n) is 6.67. The average Bonchev–Trinajstić information content (AvgIpc) is 2.92. The number of ether oxygens (including phenoxy) is 1. The summed E-state index contributed by atoms with van der Waals surface area (Å²) in [5.41, 5.74) is 1.33. The van der Waals surface area contributed by atoms with Crippen molar-refractivity contribution in [1.82, 2.24) is 9.80 Å². The van der Waals surface area contributed by atoms with E-state index in [1.165, 1.54) is 12.1 Å². The molecule has 1 fully saturated rings. The largest absolute Gasteiger partial charge is 0.485 e. The molecular formula is C25H29FN2O3. The summed E-state index contributed by atoms with van der Waals surface area (Å²) < 4.78 is 19.8. The Morgan fingerprint density at radius 1 is 1.13 bits per heavy atom. The highest BCUT2D eigenvalue weighted by Crippen LogP contribution is 2.39. The maximum atomic E-state index is 13.2. The van der Waals surface area contributed by atoms with Gasteiger partial charge in [0.15, 0.2) is 0 Å². The van der Waals surface area contributed by atoms with Crippen LogP contribution in [0.1, 0.15) is 43.7 Å². The van der Waals surface area contributed by atoms with Crippen LogP contribution in [-0.4, -0.2) is 46.8 Å². The molecule has 164 valence electrons. The molecule has 0 radical (unpaired) electrons. The van der Waals surface area contributed by atoms with E-state index in [0.717, 1.165) is 42.6 Å². The van der Waals surface area contributed by atoms with Crippen LogP contribution in [0.4, 0.5) is 4.39 Å². The summed E-state index contributed by atoms with van der Waals surface area (Å²) in [6, 6.07) is 14.2. The summed E-state index contributed by atoms with van der Waals surface area (Å²) in [6.45, 7) is 2.60. The summed E-state index contributed by atoms with van der Waals surface area (Å²) in [6.07, 6.45) is 3.48. The van der Waals surface area contributed by atoms with Gasteiger partial charge in [-0.1, -0.05) is 30.3 Å². The number of benzene rings is 2. The van der Waals surface area contributed by atoms with E-state index in [1.807, 2.05) is 41.1 Å². The number of carbonyl (C=O) groups is 2. The molecule has 0 unspecified atom stereocenters. The predicted octanol–water partition coefficient (Wildman–Crippen LogP) is 3.95. The first kappa shape index (κ1) is 21.3. The Labute approximate surface area is 182 Å². The van der Waals surface area contributed by atoms with Crippen LogP contribution >= 0.6 is 0 Å². The van der Waals surface area contributed by atoms with Gasteiger partial charge in [-0.2, -0.15) is 0 Å². The van der Waals surface area contributed by atoms with Gasteiger partial charge >= 0.3 is 0 Å². The first-order valence-corrected chi connectivity index (χ1v) is 10.9. The highest BCUT2D eigenvalue weighted by molar-refractivity contribution is 5.79. The Morgan fingerprint density at radius 2 is 1.81 bits per heavy atom. The number of amides is 2. The maximum absolute atomic E-state index is 13.2. The van der Waals surface area contributed by atoms with E-state index < -0.39 is 5.60 Å². The van der Waals surface area contributed by atoms with E-state index >= 15 is 0 Å². The van der Waals surface area contributed by atoms with Crippen LogP contribution in [0.15, 0.2) is 48.5 Å². The molecule has 2 aromatic carbocycles. The second-order valence-electron chi connectivity index (χ2n) is 8.81. The molecule has 0 saturated heterocycles. The number of hydrogen-bond donors (Lipinski definition) is 0. The van der Waals surface area contributed by atoms with Gasteiger partial charge in [-0.3, -0.25) is 9.59 Å². The molecule has 0 aromatic heterocycles. The van der Waals surface area contributed by atoms with Crippen molar-refractivity contribution < 1.29 is 18.7 Å². The lowest BCUT2D eigenvalue weighted by Crippen LogP contribution is -2.52. The number of halogens is 1. The Balaban J connectivity index is 1.55. The van der Waals surface area contributed by atoms with Crippen molar-refractivity contribution in [1.29, 1.82) is 0 Å². The third kappa shape index (κ3) is 4.73. The Bertz CT molecular complexity index is 951. The molecule has 2 aromatic rings. The lowest BCUT2D eigenvalue weighted by atomic mass is 9.81. The van der Waals surface area contributed by atoms with Crippen molar-refractivity contribution in [2.24, 2.45) is 0 Å². The summed E-state index contributed by atoms with van der Waals surface area (Å²) in [4.78, 5) is 28.7. The molecule has 0 atom stereocenters. The average molecular weight is 425 g/mol. The monoisotopic (exact) mass is 424 g/mol. The van der Waals surface area contributed by atoms with Crippen molar-refractivity contribution in [3.8, 4) is 5.75 Å². The lowest BCUT2D eigenvalue weighted by Gasteiger charge is -2.43. The number of rotatable bonds is 3. The quantitative estimate of drug-likeness (QED) is 0.750. The molecule has 2 aliphatic rings.